The molecule has 10 rings (SSSR count). The Morgan fingerprint density at radius 2 is 0.957 bits per heavy atom. The molecule has 0 radical (unpaired) electrons. The lowest BCUT2D eigenvalue weighted by Crippen LogP contribution is -2.32. The van der Waals surface area contributed by atoms with Gasteiger partial charge in [-0.2, -0.15) is 5.26 Å². The molecule has 8 aromatic carbocycles. The third kappa shape index (κ3) is 3.25. The van der Waals surface area contributed by atoms with Crippen LogP contribution in [0.15, 0.2) is 161 Å². The summed E-state index contributed by atoms with van der Waals surface area (Å²) in [4.78, 5) is 2.47. The van der Waals surface area contributed by atoms with Crippen molar-refractivity contribution in [2.75, 3.05) is 0 Å². The molecular weight excluding hydrogens is 575 g/mol. The summed E-state index contributed by atoms with van der Waals surface area (Å²) in [5.41, 5.74) is 9.94. The summed E-state index contributed by atoms with van der Waals surface area (Å²) in [5, 5.41) is 18.0. The van der Waals surface area contributed by atoms with Crippen LogP contribution in [-0.2, 0) is 5.41 Å². The lowest BCUT2D eigenvalue weighted by molar-refractivity contribution is 0.723. The van der Waals surface area contributed by atoms with Crippen molar-refractivity contribution in [1.82, 2.24) is 0 Å². The third-order valence-electron chi connectivity index (χ3n) is 10.1. The number of rotatable bonds is 1. The lowest BCUT2D eigenvalue weighted by Gasteiger charge is -2.40. The number of benzene rings is 8. The first-order valence-electron chi connectivity index (χ1n) is 15.7. The molecule has 1 heterocycles. The SMILES string of the molecule is N#Cc1cc(-c2ccc3c4ccccc4c4ccccc4c3c2)c2c(c1)C1(c3ccccc3S2)c2ccccc2-c2ccccc21. The van der Waals surface area contributed by atoms with Crippen LogP contribution in [0.5, 0.6) is 0 Å². The van der Waals surface area contributed by atoms with Crippen molar-refractivity contribution in [3.63, 3.8) is 0 Å². The van der Waals surface area contributed by atoms with Gasteiger partial charge in [0.2, 0.25) is 0 Å². The fourth-order valence-electron chi connectivity index (χ4n) is 8.31. The summed E-state index contributed by atoms with van der Waals surface area (Å²) in [6.45, 7) is 0. The van der Waals surface area contributed by atoms with Crippen molar-refractivity contribution >= 4 is 44.1 Å². The van der Waals surface area contributed by atoms with Crippen molar-refractivity contribution in [2.24, 2.45) is 0 Å². The van der Waals surface area contributed by atoms with Crippen LogP contribution in [0.4, 0.5) is 0 Å². The van der Waals surface area contributed by atoms with E-state index >= 15 is 0 Å². The Balaban J connectivity index is 1.33. The third-order valence-corrected chi connectivity index (χ3v) is 11.4. The highest BCUT2D eigenvalue weighted by molar-refractivity contribution is 7.99. The monoisotopic (exact) mass is 599 g/mol. The molecule has 46 heavy (non-hydrogen) atoms. The normalized spacial score (nSPS) is 13.7. The summed E-state index contributed by atoms with van der Waals surface area (Å²) in [6, 6.07) is 57.6. The first-order valence-corrected chi connectivity index (χ1v) is 16.5. The number of hydrogen-bond donors (Lipinski definition) is 0. The van der Waals surface area contributed by atoms with Crippen LogP contribution in [0, 0.1) is 11.3 Å². The summed E-state index contributed by atoms with van der Waals surface area (Å²) < 4.78 is 0. The van der Waals surface area contributed by atoms with Crippen LogP contribution >= 0.6 is 11.8 Å². The van der Waals surface area contributed by atoms with Gasteiger partial charge in [0.25, 0.3) is 0 Å². The molecule has 0 fully saturated rings. The lowest BCUT2D eigenvalue weighted by atomic mass is 9.66. The average molecular weight is 600 g/mol. The predicted molar refractivity (Wildman–Crippen MR) is 191 cm³/mol. The van der Waals surface area contributed by atoms with Gasteiger partial charge in [-0.05, 0) is 101 Å². The molecule has 0 saturated carbocycles. The summed E-state index contributed by atoms with van der Waals surface area (Å²) in [6.07, 6.45) is 0. The van der Waals surface area contributed by atoms with Crippen molar-refractivity contribution < 1.29 is 0 Å². The molecular formula is C44H25NS. The van der Waals surface area contributed by atoms with Crippen LogP contribution in [0.25, 0.3) is 54.6 Å². The van der Waals surface area contributed by atoms with Gasteiger partial charge in [0, 0.05) is 9.79 Å². The molecule has 1 aliphatic heterocycles. The molecule has 1 spiro atoms. The molecule has 0 bridgehead atoms. The van der Waals surface area contributed by atoms with Crippen molar-refractivity contribution in [3.05, 3.63) is 179 Å². The molecule has 0 atom stereocenters. The second kappa shape index (κ2) is 9.44. The number of fused-ring (bicyclic) bond motifs is 15. The van der Waals surface area contributed by atoms with E-state index < -0.39 is 5.41 Å². The van der Waals surface area contributed by atoms with E-state index in [0.29, 0.717) is 5.56 Å². The maximum absolute atomic E-state index is 10.5. The molecule has 0 aromatic heterocycles. The zero-order valence-corrected chi connectivity index (χ0v) is 25.6. The topological polar surface area (TPSA) is 23.8 Å². The van der Waals surface area contributed by atoms with E-state index in [1.807, 2.05) is 11.8 Å². The van der Waals surface area contributed by atoms with Crippen LogP contribution < -0.4 is 0 Å². The minimum atomic E-state index is -0.522. The van der Waals surface area contributed by atoms with E-state index in [2.05, 4.69) is 158 Å². The minimum Gasteiger partial charge on any atom is -0.192 e. The van der Waals surface area contributed by atoms with Crippen molar-refractivity contribution in [1.29, 1.82) is 5.26 Å². The molecule has 1 aliphatic carbocycles. The fraction of sp³-hybridized carbons (Fsp3) is 0.0227. The second-order valence-electron chi connectivity index (χ2n) is 12.3. The summed E-state index contributed by atoms with van der Waals surface area (Å²) in [5.74, 6) is 0. The van der Waals surface area contributed by atoms with Gasteiger partial charge in [-0.1, -0.05) is 139 Å². The average Bonchev–Trinajstić information content (AvgIpc) is 3.42. The molecule has 212 valence electrons. The smallest absolute Gasteiger partial charge is 0.0991 e. The Labute approximate surface area is 271 Å². The zero-order chi connectivity index (χ0) is 30.4. The Bertz CT molecular complexity index is 2560. The van der Waals surface area contributed by atoms with Gasteiger partial charge in [0.15, 0.2) is 0 Å². The van der Waals surface area contributed by atoms with E-state index in [4.69, 9.17) is 0 Å². The second-order valence-corrected chi connectivity index (χ2v) is 13.4. The number of nitrogens with zero attached hydrogens (tertiary/aromatic N) is 1. The molecule has 8 aromatic rings. The molecule has 0 saturated heterocycles. The molecule has 0 N–H and O–H groups in total. The van der Waals surface area contributed by atoms with Crippen LogP contribution in [0.1, 0.15) is 27.8 Å². The molecule has 0 unspecified atom stereocenters. The number of hydrogen-bond acceptors (Lipinski definition) is 2. The molecule has 0 amide bonds. The van der Waals surface area contributed by atoms with Gasteiger partial charge in [0.05, 0.1) is 17.0 Å². The van der Waals surface area contributed by atoms with Gasteiger partial charge in [-0.25, -0.2) is 0 Å². The Morgan fingerprint density at radius 3 is 1.59 bits per heavy atom. The summed E-state index contributed by atoms with van der Waals surface area (Å²) >= 11 is 1.84. The van der Waals surface area contributed by atoms with Gasteiger partial charge in [-0.15, -0.1) is 0 Å². The zero-order valence-electron chi connectivity index (χ0n) is 24.8. The van der Waals surface area contributed by atoms with Crippen LogP contribution in [0.3, 0.4) is 0 Å². The standard InChI is InChI=1S/C44H25NS/c45-26-27-23-36(28-21-22-33-31-13-2-1-11-29(31)30-12-3-4-14-32(30)37(33)25-28)43-41(24-27)44(40-19-9-10-20-42(40)46-43)38-17-7-5-15-34(38)35-16-6-8-18-39(35)44/h1-25H. The van der Waals surface area contributed by atoms with Crippen molar-refractivity contribution in [2.45, 2.75) is 15.2 Å². The van der Waals surface area contributed by atoms with Crippen molar-refractivity contribution in [3.8, 4) is 28.3 Å². The highest BCUT2D eigenvalue weighted by Gasteiger charge is 2.50. The largest absolute Gasteiger partial charge is 0.192 e. The van der Waals surface area contributed by atoms with Gasteiger partial charge in [0.1, 0.15) is 0 Å². The Kier molecular flexibility index (Phi) is 5.27. The molecule has 2 heteroatoms. The highest BCUT2D eigenvalue weighted by Crippen LogP contribution is 2.63. The summed E-state index contributed by atoms with van der Waals surface area (Å²) in [7, 11) is 0. The van der Waals surface area contributed by atoms with Crippen LogP contribution in [0.2, 0.25) is 0 Å². The fourth-order valence-corrected chi connectivity index (χ4v) is 9.61. The number of nitriles is 1. The van der Waals surface area contributed by atoms with Gasteiger partial charge < -0.3 is 0 Å². The maximum Gasteiger partial charge on any atom is 0.0991 e. The highest BCUT2D eigenvalue weighted by atomic mass is 32.2. The quantitative estimate of drug-likeness (QED) is 0.175. The minimum absolute atomic E-state index is 0.522. The van der Waals surface area contributed by atoms with Crippen LogP contribution in [-0.4, -0.2) is 0 Å². The van der Waals surface area contributed by atoms with E-state index in [-0.39, 0.29) is 0 Å². The predicted octanol–water partition coefficient (Wildman–Crippen LogP) is 11.5. The van der Waals surface area contributed by atoms with Gasteiger partial charge in [-0.3, -0.25) is 0 Å². The first-order chi connectivity index (χ1) is 22.8. The van der Waals surface area contributed by atoms with E-state index in [0.717, 1.165) is 11.1 Å². The Hall–Kier alpha value is -5.62. The van der Waals surface area contributed by atoms with Gasteiger partial charge >= 0.3 is 0 Å². The maximum atomic E-state index is 10.5. The Morgan fingerprint density at radius 1 is 0.435 bits per heavy atom. The van der Waals surface area contributed by atoms with E-state index in [1.54, 1.807) is 0 Å². The molecule has 1 nitrogen and oxygen atoms in total. The molecule has 2 aliphatic rings. The first kappa shape index (κ1) is 25.7. The van der Waals surface area contributed by atoms with E-state index in [9.17, 15) is 5.26 Å². The van der Waals surface area contributed by atoms with E-state index in [1.165, 1.54) is 75.5 Å².